The Labute approximate surface area is 97.2 Å². The van der Waals surface area contributed by atoms with Gasteiger partial charge in [0.05, 0.1) is 6.61 Å². The molecule has 1 aliphatic heterocycles. The molecule has 0 aromatic carbocycles. The summed E-state index contributed by atoms with van der Waals surface area (Å²) in [6.07, 6.45) is 0.922. The van der Waals surface area contributed by atoms with E-state index in [1.807, 2.05) is 0 Å². The Balaban J connectivity index is 2.36. The second-order valence-corrected chi connectivity index (χ2v) is 4.37. The third-order valence-corrected chi connectivity index (χ3v) is 3.13. The van der Waals surface area contributed by atoms with Crippen LogP contribution in [0.3, 0.4) is 0 Å². The highest BCUT2D eigenvalue weighted by Crippen LogP contribution is 2.15. The number of aromatic nitrogens is 2. The van der Waals surface area contributed by atoms with Crippen molar-refractivity contribution in [1.82, 2.24) is 9.13 Å². The first-order valence-corrected chi connectivity index (χ1v) is 5.51. The van der Waals surface area contributed by atoms with Crippen molar-refractivity contribution in [2.45, 2.75) is 13.0 Å². The van der Waals surface area contributed by atoms with Crippen LogP contribution >= 0.6 is 11.6 Å². The lowest BCUT2D eigenvalue weighted by Gasteiger charge is -2.12. The Bertz CT molecular complexity index is 500. The van der Waals surface area contributed by atoms with E-state index in [4.69, 9.17) is 16.3 Å². The van der Waals surface area contributed by atoms with Crippen LogP contribution in [0.2, 0.25) is 5.15 Å². The minimum absolute atomic E-state index is 0.194. The molecular weight excluding hydrogens is 232 g/mol. The van der Waals surface area contributed by atoms with Crippen LogP contribution in [0.15, 0.2) is 15.7 Å². The molecule has 2 rings (SSSR count). The number of ether oxygens (including phenoxy) is 1. The first kappa shape index (κ1) is 11.4. The standard InChI is InChI=1S/C10H13ClN2O3/c1-12-9(14)4-8(11)13(10(12)15)5-7-2-3-16-6-7/h4,7H,2-3,5-6H2,1H3. The van der Waals surface area contributed by atoms with Gasteiger partial charge in [-0.2, -0.15) is 0 Å². The number of nitrogens with zero attached hydrogens (tertiary/aromatic N) is 2. The van der Waals surface area contributed by atoms with Gasteiger partial charge in [0, 0.05) is 32.2 Å². The summed E-state index contributed by atoms with van der Waals surface area (Å²) in [6, 6.07) is 1.26. The quantitative estimate of drug-likeness (QED) is 0.701. The molecule has 0 N–H and O–H groups in total. The number of halogens is 1. The molecule has 6 heteroatoms. The maximum absolute atomic E-state index is 11.8. The van der Waals surface area contributed by atoms with Gasteiger partial charge in [-0.05, 0) is 6.42 Å². The molecule has 2 heterocycles. The van der Waals surface area contributed by atoms with Gasteiger partial charge in [0.1, 0.15) is 5.15 Å². The molecular formula is C10H13ClN2O3. The van der Waals surface area contributed by atoms with Crippen LogP contribution in [0.5, 0.6) is 0 Å². The lowest BCUT2D eigenvalue weighted by molar-refractivity contribution is 0.182. The van der Waals surface area contributed by atoms with E-state index < -0.39 is 0 Å². The van der Waals surface area contributed by atoms with E-state index in [9.17, 15) is 9.59 Å². The SMILES string of the molecule is Cn1c(=O)cc(Cl)n(CC2CCOC2)c1=O. The number of rotatable bonds is 2. The van der Waals surface area contributed by atoms with Crippen molar-refractivity contribution in [3.8, 4) is 0 Å². The second kappa shape index (κ2) is 4.43. The monoisotopic (exact) mass is 244 g/mol. The fourth-order valence-corrected chi connectivity index (χ4v) is 2.03. The molecule has 1 aliphatic rings. The molecule has 1 atom stereocenters. The van der Waals surface area contributed by atoms with Crippen LogP contribution in [0.25, 0.3) is 0 Å². The summed E-state index contributed by atoms with van der Waals surface area (Å²) in [4.78, 5) is 23.1. The molecule has 1 unspecified atom stereocenters. The van der Waals surface area contributed by atoms with Crippen molar-refractivity contribution in [2.75, 3.05) is 13.2 Å². The Morgan fingerprint density at radius 3 is 2.94 bits per heavy atom. The van der Waals surface area contributed by atoms with Gasteiger partial charge in [-0.15, -0.1) is 0 Å². The largest absolute Gasteiger partial charge is 0.381 e. The first-order chi connectivity index (χ1) is 7.59. The van der Waals surface area contributed by atoms with Crippen molar-refractivity contribution in [3.05, 3.63) is 32.1 Å². The predicted octanol–water partition coefficient (Wildman–Crippen LogP) is 0.237. The van der Waals surface area contributed by atoms with E-state index in [0.29, 0.717) is 19.1 Å². The third kappa shape index (κ3) is 2.05. The summed E-state index contributed by atoms with van der Waals surface area (Å²) < 4.78 is 7.71. The maximum Gasteiger partial charge on any atom is 0.331 e. The zero-order valence-corrected chi connectivity index (χ0v) is 9.74. The smallest absolute Gasteiger partial charge is 0.331 e. The molecule has 0 spiro atoms. The van der Waals surface area contributed by atoms with Gasteiger partial charge >= 0.3 is 5.69 Å². The number of hydrogen-bond donors (Lipinski definition) is 0. The first-order valence-electron chi connectivity index (χ1n) is 5.13. The molecule has 1 saturated heterocycles. The second-order valence-electron chi connectivity index (χ2n) is 3.99. The lowest BCUT2D eigenvalue weighted by Crippen LogP contribution is -2.38. The fraction of sp³-hybridized carbons (Fsp3) is 0.600. The molecule has 5 nitrogen and oxygen atoms in total. The van der Waals surface area contributed by atoms with E-state index in [1.165, 1.54) is 17.7 Å². The van der Waals surface area contributed by atoms with Crippen molar-refractivity contribution < 1.29 is 4.74 Å². The highest BCUT2D eigenvalue weighted by atomic mass is 35.5. The van der Waals surface area contributed by atoms with Gasteiger partial charge < -0.3 is 4.74 Å². The molecule has 1 aromatic rings. The van der Waals surface area contributed by atoms with Crippen molar-refractivity contribution in [1.29, 1.82) is 0 Å². The van der Waals surface area contributed by atoms with Gasteiger partial charge in [0.15, 0.2) is 0 Å². The average Bonchev–Trinajstić information content (AvgIpc) is 2.74. The zero-order valence-electron chi connectivity index (χ0n) is 8.98. The van der Waals surface area contributed by atoms with E-state index in [0.717, 1.165) is 17.6 Å². The summed E-state index contributed by atoms with van der Waals surface area (Å²) >= 11 is 5.89. The molecule has 1 aromatic heterocycles. The van der Waals surface area contributed by atoms with Crippen molar-refractivity contribution in [3.63, 3.8) is 0 Å². The molecule has 16 heavy (non-hydrogen) atoms. The normalized spacial score (nSPS) is 20.2. The predicted molar refractivity (Wildman–Crippen MR) is 59.9 cm³/mol. The third-order valence-electron chi connectivity index (χ3n) is 2.81. The van der Waals surface area contributed by atoms with E-state index in [-0.39, 0.29) is 16.4 Å². The average molecular weight is 245 g/mol. The van der Waals surface area contributed by atoms with Crippen molar-refractivity contribution >= 4 is 11.6 Å². The summed E-state index contributed by atoms with van der Waals surface area (Å²) in [5.74, 6) is 0.299. The Kier molecular flexibility index (Phi) is 3.16. The van der Waals surface area contributed by atoms with Crippen LogP contribution in [-0.4, -0.2) is 22.3 Å². The number of hydrogen-bond acceptors (Lipinski definition) is 3. The Hall–Kier alpha value is -1.07. The summed E-state index contributed by atoms with van der Waals surface area (Å²) in [5, 5.41) is 0.194. The molecule has 0 saturated carbocycles. The van der Waals surface area contributed by atoms with E-state index in [2.05, 4.69) is 0 Å². The lowest BCUT2D eigenvalue weighted by atomic mass is 10.1. The summed E-state index contributed by atoms with van der Waals surface area (Å²) in [5.41, 5.74) is -0.752. The van der Waals surface area contributed by atoms with E-state index in [1.54, 1.807) is 0 Å². The molecule has 0 amide bonds. The Morgan fingerprint density at radius 2 is 2.31 bits per heavy atom. The highest BCUT2D eigenvalue weighted by Gasteiger charge is 2.18. The van der Waals surface area contributed by atoms with E-state index >= 15 is 0 Å². The van der Waals surface area contributed by atoms with Gasteiger partial charge in [0.2, 0.25) is 0 Å². The van der Waals surface area contributed by atoms with Gasteiger partial charge in [0.25, 0.3) is 5.56 Å². The Morgan fingerprint density at radius 1 is 1.56 bits per heavy atom. The molecule has 0 bridgehead atoms. The van der Waals surface area contributed by atoms with Gasteiger partial charge in [-0.25, -0.2) is 4.79 Å². The molecule has 0 aliphatic carbocycles. The molecule has 1 fully saturated rings. The van der Waals surface area contributed by atoms with Gasteiger partial charge in [-0.3, -0.25) is 13.9 Å². The van der Waals surface area contributed by atoms with Crippen LogP contribution in [0.4, 0.5) is 0 Å². The highest BCUT2D eigenvalue weighted by molar-refractivity contribution is 6.29. The van der Waals surface area contributed by atoms with Crippen LogP contribution in [0.1, 0.15) is 6.42 Å². The minimum atomic E-state index is -0.381. The topological polar surface area (TPSA) is 53.2 Å². The van der Waals surface area contributed by atoms with Crippen LogP contribution in [0, 0.1) is 5.92 Å². The minimum Gasteiger partial charge on any atom is -0.381 e. The van der Waals surface area contributed by atoms with Crippen LogP contribution in [-0.2, 0) is 18.3 Å². The zero-order chi connectivity index (χ0) is 11.7. The van der Waals surface area contributed by atoms with Crippen LogP contribution < -0.4 is 11.2 Å². The fourth-order valence-electron chi connectivity index (χ4n) is 1.79. The maximum atomic E-state index is 11.8. The summed E-state index contributed by atoms with van der Waals surface area (Å²) in [6.45, 7) is 1.88. The molecule has 0 radical (unpaired) electrons. The van der Waals surface area contributed by atoms with Crippen molar-refractivity contribution in [2.24, 2.45) is 13.0 Å². The summed E-state index contributed by atoms with van der Waals surface area (Å²) in [7, 11) is 1.45. The van der Waals surface area contributed by atoms with Gasteiger partial charge in [-0.1, -0.05) is 11.6 Å². The molecule has 88 valence electrons.